The number of aliphatic hydroxyl groups excluding tert-OH is 1. The summed E-state index contributed by atoms with van der Waals surface area (Å²) in [6.45, 7) is 5.73. The molecule has 0 saturated heterocycles. The molecule has 0 aliphatic heterocycles. The Hall–Kier alpha value is -5.94. The lowest BCUT2D eigenvalue weighted by Gasteiger charge is -2.21. The Balaban J connectivity index is 1.40. The average Bonchev–Trinajstić information content (AvgIpc) is 3.56. The van der Waals surface area contributed by atoms with Gasteiger partial charge < -0.3 is 30.6 Å². The van der Waals surface area contributed by atoms with Gasteiger partial charge in [-0.3, -0.25) is 15.6 Å². The number of benzene rings is 3. The predicted molar refractivity (Wildman–Crippen MR) is 192 cm³/mol. The van der Waals surface area contributed by atoms with E-state index in [1.165, 1.54) is 6.08 Å². The highest BCUT2D eigenvalue weighted by molar-refractivity contribution is 6.00. The smallest absolute Gasteiger partial charge is 0.332 e. The minimum atomic E-state index is -1.66. The molecule has 11 nitrogen and oxygen atoms in total. The van der Waals surface area contributed by atoms with Gasteiger partial charge in [-0.25, -0.2) is 9.78 Å². The van der Waals surface area contributed by atoms with Gasteiger partial charge in [-0.05, 0) is 61.6 Å². The van der Waals surface area contributed by atoms with Crippen LogP contribution in [0.2, 0.25) is 0 Å². The highest BCUT2D eigenvalue weighted by Crippen LogP contribution is 2.37. The molecule has 1 amide bonds. The van der Waals surface area contributed by atoms with Crippen LogP contribution in [-0.2, 0) is 9.59 Å². The molecule has 1 aliphatic carbocycles. The van der Waals surface area contributed by atoms with Gasteiger partial charge in [0.2, 0.25) is 0 Å². The van der Waals surface area contributed by atoms with Gasteiger partial charge in [-0.15, -0.1) is 0 Å². The molecule has 49 heavy (non-hydrogen) atoms. The van der Waals surface area contributed by atoms with E-state index in [0.717, 1.165) is 41.3 Å². The second-order valence-electron chi connectivity index (χ2n) is 11.6. The number of phenols is 1. The zero-order valence-corrected chi connectivity index (χ0v) is 27.4. The Labute approximate surface area is 284 Å². The van der Waals surface area contributed by atoms with Gasteiger partial charge in [0, 0.05) is 48.6 Å². The Morgan fingerprint density at radius 2 is 1.82 bits per heavy atom. The molecular formula is C38H40N6O5. The van der Waals surface area contributed by atoms with Gasteiger partial charge in [0.1, 0.15) is 11.6 Å². The number of aromatic nitrogens is 2. The summed E-state index contributed by atoms with van der Waals surface area (Å²) < 4.78 is 0. The van der Waals surface area contributed by atoms with E-state index < -0.39 is 12.1 Å². The number of nitrogens with zero attached hydrogens (tertiary/aromatic N) is 2. The molecule has 7 N–H and O–H groups in total. The number of phenolic OH excluding ortho intramolecular Hbond substituents is 1. The molecule has 2 atom stereocenters. The minimum absolute atomic E-state index is 0.000169. The quantitative estimate of drug-likeness (QED) is 0.0478. The lowest BCUT2D eigenvalue weighted by atomic mass is 9.93. The van der Waals surface area contributed by atoms with Crippen molar-refractivity contribution in [3.05, 3.63) is 114 Å². The number of amides is 1. The van der Waals surface area contributed by atoms with Crippen LogP contribution in [0.15, 0.2) is 103 Å². The summed E-state index contributed by atoms with van der Waals surface area (Å²) in [6.07, 6.45) is 8.07. The average molecular weight is 661 g/mol. The van der Waals surface area contributed by atoms with Gasteiger partial charge in [0.25, 0.3) is 5.91 Å². The highest BCUT2D eigenvalue weighted by atomic mass is 16.4. The van der Waals surface area contributed by atoms with Crippen LogP contribution in [0.1, 0.15) is 37.9 Å². The Kier molecular flexibility index (Phi) is 11.1. The number of rotatable bonds is 14. The van der Waals surface area contributed by atoms with Crippen LogP contribution in [0.3, 0.4) is 0 Å². The molecule has 5 rings (SSSR count). The van der Waals surface area contributed by atoms with Crippen molar-refractivity contribution in [2.45, 2.75) is 32.8 Å². The van der Waals surface area contributed by atoms with E-state index in [9.17, 15) is 19.8 Å². The maximum absolute atomic E-state index is 12.4. The van der Waals surface area contributed by atoms with Crippen molar-refractivity contribution < 1.29 is 24.9 Å². The Morgan fingerprint density at radius 1 is 1.08 bits per heavy atom. The number of anilines is 2. The summed E-state index contributed by atoms with van der Waals surface area (Å²) in [6, 6.07) is 21.9. The van der Waals surface area contributed by atoms with Gasteiger partial charge in [0.15, 0.2) is 6.10 Å². The summed E-state index contributed by atoms with van der Waals surface area (Å²) in [4.78, 5) is 33.9. The van der Waals surface area contributed by atoms with Crippen molar-refractivity contribution in [1.29, 1.82) is 5.41 Å². The third kappa shape index (κ3) is 8.51. The van der Waals surface area contributed by atoms with Gasteiger partial charge in [0.05, 0.1) is 22.6 Å². The van der Waals surface area contributed by atoms with E-state index in [4.69, 9.17) is 15.5 Å². The largest absolute Gasteiger partial charge is 0.507 e. The van der Waals surface area contributed by atoms with E-state index in [0.29, 0.717) is 29.1 Å². The van der Waals surface area contributed by atoms with Crippen molar-refractivity contribution in [2.75, 3.05) is 23.4 Å². The molecule has 1 aliphatic rings. The zero-order valence-electron chi connectivity index (χ0n) is 27.4. The molecular weight excluding hydrogens is 620 g/mol. The van der Waals surface area contributed by atoms with Crippen LogP contribution in [0.4, 0.5) is 11.4 Å². The number of H-pyrrole nitrogens is 1. The van der Waals surface area contributed by atoms with Crippen LogP contribution < -0.4 is 15.8 Å². The third-order valence-electron chi connectivity index (χ3n) is 8.28. The highest BCUT2D eigenvalue weighted by Gasteiger charge is 2.21. The van der Waals surface area contributed by atoms with Crippen molar-refractivity contribution in [3.8, 4) is 28.4 Å². The maximum atomic E-state index is 12.4. The molecule has 11 heteroatoms. The standard InChI is InChI=1S/C38H40N6O5/c1-3-44(4-2)29-19-20-30(32(45)22-29)37-40-35(36(41-37)27-17-15-25(16-18-27)31(39)23-33(46)38(48)49)26-13-10-24(11-14-26)12-21-34(47)43-42-28-8-6-5-7-9-28/h5-10,12-22,24,33,39,42,45-46H,3-4,11,23H2,1-2H3,(H,40,41)(H,43,47)(H,48,49)/b21-12+,39-31?. The van der Waals surface area contributed by atoms with Gasteiger partial charge in [-0.2, -0.15) is 0 Å². The van der Waals surface area contributed by atoms with E-state index in [2.05, 4.69) is 40.7 Å². The normalized spacial score (nSPS) is 14.7. The number of carboxylic acids is 1. The fraction of sp³-hybridized carbons (Fsp3) is 0.211. The fourth-order valence-electron chi connectivity index (χ4n) is 5.53. The number of carbonyl (C=O) groups excluding carboxylic acids is 1. The van der Waals surface area contributed by atoms with Crippen molar-refractivity contribution >= 4 is 34.5 Å². The number of para-hydroxylation sites is 1. The number of aliphatic hydroxyl groups is 1. The number of aromatic amines is 1. The number of aromatic hydroxyl groups is 1. The molecule has 0 spiro atoms. The van der Waals surface area contributed by atoms with E-state index >= 15 is 0 Å². The molecule has 3 aromatic carbocycles. The second-order valence-corrected chi connectivity index (χ2v) is 11.6. The van der Waals surface area contributed by atoms with E-state index in [1.54, 1.807) is 30.3 Å². The van der Waals surface area contributed by atoms with Crippen molar-refractivity contribution in [3.63, 3.8) is 0 Å². The lowest BCUT2D eigenvalue weighted by Crippen LogP contribution is -2.27. The number of hydrogen-bond donors (Lipinski definition) is 7. The summed E-state index contributed by atoms with van der Waals surface area (Å²) in [5.41, 5.74) is 11.2. The SMILES string of the molecule is CCN(CC)c1ccc(-c2nc(-c3ccc(C(=N)CC(O)C(=O)O)cc3)c(C3=CCC(/C=C/C(=O)NNc4ccccc4)C=C3)[nH]2)c(O)c1. The Morgan fingerprint density at radius 3 is 2.45 bits per heavy atom. The molecule has 0 saturated carbocycles. The number of hydrogen-bond acceptors (Lipinski definition) is 8. The number of aliphatic carboxylic acids is 1. The first-order valence-electron chi connectivity index (χ1n) is 16.1. The maximum Gasteiger partial charge on any atom is 0.332 e. The van der Waals surface area contributed by atoms with Crippen LogP contribution in [0.5, 0.6) is 5.75 Å². The van der Waals surface area contributed by atoms with E-state index in [1.807, 2.05) is 60.7 Å². The Bertz CT molecular complexity index is 1890. The summed E-state index contributed by atoms with van der Waals surface area (Å²) in [7, 11) is 0. The van der Waals surface area contributed by atoms with Crippen LogP contribution in [0.25, 0.3) is 28.2 Å². The molecule has 1 heterocycles. The van der Waals surface area contributed by atoms with Crippen LogP contribution >= 0.6 is 0 Å². The third-order valence-corrected chi connectivity index (χ3v) is 8.28. The fourth-order valence-corrected chi connectivity index (χ4v) is 5.53. The lowest BCUT2D eigenvalue weighted by molar-refractivity contribution is -0.146. The number of carbonyl (C=O) groups is 2. The molecule has 1 aromatic heterocycles. The molecule has 0 radical (unpaired) electrons. The first-order valence-corrected chi connectivity index (χ1v) is 16.1. The van der Waals surface area contributed by atoms with Gasteiger partial charge in [-0.1, -0.05) is 66.8 Å². The van der Waals surface area contributed by atoms with Crippen LogP contribution in [0, 0.1) is 11.3 Å². The molecule has 2 unspecified atom stereocenters. The second kappa shape index (κ2) is 15.8. The van der Waals surface area contributed by atoms with E-state index in [-0.39, 0.29) is 29.7 Å². The molecule has 4 aromatic rings. The predicted octanol–water partition coefficient (Wildman–Crippen LogP) is 6.16. The van der Waals surface area contributed by atoms with Crippen molar-refractivity contribution in [1.82, 2.24) is 15.4 Å². The summed E-state index contributed by atoms with van der Waals surface area (Å²) >= 11 is 0. The number of hydrazine groups is 1. The topological polar surface area (TPSA) is 175 Å². The minimum Gasteiger partial charge on any atom is -0.507 e. The van der Waals surface area contributed by atoms with Gasteiger partial charge >= 0.3 is 5.97 Å². The molecule has 0 fully saturated rings. The number of nitrogens with one attached hydrogen (secondary N) is 4. The number of carboxylic acid groups (broad SMARTS) is 1. The number of imidazole rings is 1. The summed E-state index contributed by atoms with van der Waals surface area (Å²) in [5, 5.41) is 38.1. The monoisotopic (exact) mass is 660 g/mol. The zero-order chi connectivity index (χ0) is 34.9. The van der Waals surface area contributed by atoms with Crippen LogP contribution in [-0.4, -0.2) is 62.1 Å². The summed E-state index contributed by atoms with van der Waals surface area (Å²) in [5.74, 6) is -1.07. The molecule has 252 valence electrons. The number of allylic oxidation sites excluding steroid dienone is 5. The molecule has 0 bridgehead atoms. The van der Waals surface area contributed by atoms with Crippen molar-refractivity contribution in [2.24, 2.45) is 5.92 Å². The first-order chi connectivity index (χ1) is 23.7. The first kappa shape index (κ1) is 34.4.